The quantitative estimate of drug-likeness (QED) is 0.0343. The van der Waals surface area contributed by atoms with Crippen LogP contribution in [0.3, 0.4) is 0 Å². The topological polar surface area (TPSA) is 195 Å². The summed E-state index contributed by atoms with van der Waals surface area (Å²) in [5, 5.41) is 3.43. The van der Waals surface area contributed by atoms with Crippen LogP contribution in [0.4, 0.5) is 0 Å². The second-order valence-corrected chi connectivity index (χ2v) is 22.4. The number of unbranched alkanes of at least 4 members (excludes halogenated alkanes) is 27. The van der Waals surface area contributed by atoms with Gasteiger partial charge in [0.25, 0.3) is 0 Å². The highest BCUT2D eigenvalue weighted by Gasteiger charge is 2.52. The molecule has 0 aromatic carbocycles. The summed E-state index contributed by atoms with van der Waals surface area (Å²) in [4.78, 5) is 78.1. The van der Waals surface area contributed by atoms with E-state index in [2.05, 4.69) is 36.0 Å². The van der Waals surface area contributed by atoms with Crippen LogP contribution >= 0.6 is 0 Å². The molecule has 17 heteroatoms. The van der Waals surface area contributed by atoms with Crippen LogP contribution in [0.25, 0.3) is 0 Å². The molecule has 0 aromatic heterocycles. The van der Waals surface area contributed by atoms with E-state index in [0.717, 1.165) is 71.1 Å². The Morgan fingerprint density at radius 3 is 1.23 bits per heavy atom. The number of carbonyl (C=O) groups excluding carboxylic acids is 6. The van der Waals surface area contributed by atoms with Gasteiger partial charge in [0.05, 0.1) is 32.7 Å². The zero-order valence-electron chi connectivity index (χ0n) is 51.8. The van der Waals surface area contributed by atoms with Crippen LogP contribution in [0.2, 0.25) is 0 Å². The largest absolute Gasteiger partial charge is 0.466 e. The molecule has 1 N–H and O–H groups in total. The summed E-state index contributed by atoms with van der Waals surface area (Å²) < 4.78 is 44.8. The number of nitrogens with one attached hydrogen (secondary N) is 1. The van der Waals surface area contributed by atoms with E-state index < -0.39 is 54.6 Å². The normalized spacial score (nSPS) is 17.1. The number of ether oxygens (including phenoxy) is 8. The van der Waals surface area contributed by atoms with Gasteiger partial charge in [0.1, 0.15) is 12.7 Å². The van der Waals surface area contributed by atoms with Crippen LogP contribution < -0.4 is 5.32 Å². The van der Waals surface area contributed by atoms with Crippen LogP contribution in [0.15, 0.2) is 0 Å². The SMILES string of the molecule is CCCCCCCCCCCCCCCCOC(=O)CCN(CCCCN(C)CCCNCCCO[C@@H]1O[C@H](COC(C)=O)[C@@H](OC(C)=O)[C@H](OC(C)=O)[C@H]1OC(C)=O)CCC(=O)OCCCCCCCCCCCCCCCC. The number of esters is 6. The fourth-order valence-corrected chi connectivity index (χ4v) is 10.1. The van der Waals surface area contributed by atoms with Crippen molar-refractivity contribution in [2.75, 3.05) is 79.3 Å². The second kappa shape index (κ2) is 52.4. The number of hydrogen-bond donors (Lipinski definition) is 1. The molecule has 1 aliphatic heterocycles. The van der Waals surface area contributed by atoms with E-state index in [9.17, 15) is 28.8 Å². The molecule has 0 bridgehead atoms. The Balaban J connectivity index is 2.49. The van der Waals surface area contributed by atoms with Crippen molar-refractivity contribution in [3.8, 4) is 0 Å². The van der Waals surface area contributed by atoms with Gasteiger partial charge < -0.3 is 53.0 Å². The van der Waals surface area contributed by atoms with Gasteiger partial charge in [-0.15, -0.1) is 0 Å². The fraction of sp³-hybridized carbons (Fsp3) is 0.905. The summed E-state index contributed by atoms with van der Waals surface area (Å²) in [6.45, 7) is 15.2. The first kappa shape index (κ1) is 74.6. The first-order chi connectivity index (χ1) is 38.8. The van der Waals surface area contributed by atoms with Gasteiger partial charge in [-0.25, -0.2) is 0 Å². The zero-order chi connectivity index (χ0) is 58.7. The van der Waals surface area contributed by atoms with Crippen molar-refractivity contribution < 1.29 is 66.7 Å². The number of hydrogen-bond acceptors (Lipinski definition) is 17. The van der Waals surface area contributed by atoms with E-state index >= 15 is 0 Å². The maximum absolute atomic E-state index is 12.8. The molecular weight excluding hydrogens is 1020 g/mol. The van der Waals surface area contributed by atoms with Crippen molar-refractivity contribution in [1.29, 1.82) is 0 Å². The third kappa shape index (κ3) is 44.2. The van der Waals surface area contributed by atoms with E-state index in [4.69, 9.17) is 37.9 Å². The predicted octanol–water partition coefficient (Wildman–Crippen LogP) is 12.3. The maximum Gasteiger partial charge on any atom is 0.307 e. The van der Waals surface area contributed by atoms with Crippen LogP contribution in [-0.4, -0.2) is 156 Å². The van der Waals surface area contributed by atoms with Crippen LogP contribution in [0.1, 0.15) is 260 Å². The monoisotopic (exact) mass is 1140 g/mol. The fourth-order valence-electron chi connectivity index (χ4n) is 10.1. The van der Waals surface area contributed by atoms with Gasteiger partial charge in [-0.1, -0.05) is 181 Å². The molecular formula is C63H117N3O14. The van der Waals surface area contributed by atoms with Gasteiger partial charge in [0.2, 0.25) is 0 Å². The summed E-state index contributed by atoms with van der Waals surface area (Å²) in [5.74, 6) is -3.02. The second-order valence-electron chi connectivity index (χ2n) is 22.4. The lowest BCUT2D eigenvalue weighted by Crippen LogP contribution is -2.63. The van der Waals surface area contributed by atoms with Crippen LogP contribution in [-0.2, 0) is 66.7 Å². The Labute approximate surface area is 485 Å². The van der Waals surface area contributed by atoms with E-state index in [1.165, 1.54) is 182 Å². The first-order valence-electron chi connectivity index (χ1n) is 32.1. The van der Waals surface area contributed by atoms with Gasteiger partial charge in [0.15, 0.2) is 24.6 Å². The Hall–Kier alpha value is -3.38. The lowest BCUT2D eigenvalue weighted by molar-refractivity contribution is -0.308. The van der Waals surface area contributed by atoms with Crippen molar-refractivity contribution in [3.63, 3.8) is 0 Å². The van der Waals surface area contributed by atoms with Crippen LogP contribution in [0.5, 0.6) is 0 Å². The van der Waals surface area contributed by atoms with Crippen molar-refractivity contribution in [2.45, 2.75) is 291 Å². The zero-order valence-corrected chi connectivity index (χ0v) is 51.8. The Bertz CT molecular complexity index is 1510. The molecule has 0 aromatic rings. The molecule has 1 rings (SSSR count). The summed E-state index contributed by atoms with van der Waals surface area (Å²) in [7, 11) is 2.11. The third-order valence-corrected chi connectivity index (χ3v) is 14.7. The smallest absolute Gasteiger partial charge is 0.307 e. The van der Waals surface area contributed by atoms with Crippen molar-refractivity contribution in [1.82, 2.24) is 15.1 Å². The number of rotatable bonds is 55. The highest BCUT2D eigenvalue weighted by atomic mass is 16.7. The molecule has 0 saturated carbocycles. The maximum atomic E-state index is 12.8. The molecule has 0 amide bonds. The first-order valence-corrected chi connectivity index (χ1v) is 32.1. The summed E-state index contributed by atoms with van der Waals surface area (Å²) in [6, 6.07) is 0. The molecule has 0 unspecified atom stereocenters. The lowest BCUT2D eigenvalue weighted by atomic mass is 9.98. The molecule has 1 fully saturated rings. The van der Waals surface area contributed by atoms with Gasteiger partial charge in [-0.05, 0) is 78.3 Å². The highest BCUT2D eigenvalue weighted by molar-refractivity contribution is 5.70. The minimum absolute atomic E-state index is 0.173. The molecule has 1 aliphatic rings. The van der Waals surface area contributed by atoms with Gasteiger partial charge >= 0.3 is 35.8 Å². The third-order valence-electron chi connectivity index (χ3n) is 14.7. The van der Waals surface area contributed by atoms with Crippen molar-refractivity contribution >= 4 is 35.8 Å². The van der Waals surface area contributed by atoms with Gasteiger partial charge in [-0.3, -0.25) is 28.8 Å². The minimum Gasteiger partial charge on any atom is -0.466 e. The molecule has 0 aliphatic carbocycles. The average molecular weight is 1140 g/mol. The van der Waals surface area contributed by atoms with Gasteiger partial charge in [-0.2, -0.15) is 0 Å². The van der Waals surface area contributed by atoms with E-state index in [1.807, 2.05) is 0 Å². The van der Waals surface area contributed by atoms with E-state index in [0.29, 0.717) is 52.1 Å². The Morgan fingerprint density at radius 2 is 0.787 bits per heavy atom. The predicted molar refractivity (Wildman–Crippen MR) is 315 cm³/mol. The summed E-state index contributed by atoms with van der Waals surface area (Å²) in [5.41, 5.74) is 0. The van der Waals surface area contributed by atoms with Crippen molar-refractivity contribution in [3.05, 3.63) is 0 Å². The summed E-state index contributed by atoms with van der Waals surface area (Å²) >= 11 is 0. The van der Waals surface area contributed by atoms with Crippen LogP contribution in [0, 0.1) is 0 Å². The van der Waals surface area contributed by atoms with Crippen molar-refractivity contribution in [2.24, 2.45) is 0 Å². The molecule has 1 saturated heterocycles. The van der Waals surface area contributed by atoms with E-state index in [-0.39, 0.29) is 25.2 Å². The average Bonchev–Trinajstić information content (AvgIpc) is 3.47. The molecule has 0 spiro atoms. The van der Waals surface area contributed by atoms with Gasteiger partial charge in [0, 0.05) is 40.8 Å². The number of nitrogens with zero attached hydrogens (tertiary/aromatic N) is 2. The minimum atomic E-state index is -1.28. The molecule has 5 atom stereocenters. The molecule has 468 valence electrons. The number of carbonyl (C=O) groups is 6. The highest BCUT2D eigenvalue weighted by Crippen LogP contribution is 2.30. The molecule has 1 heterocycles. The lowest BCUT2D eigenvalue weighted by Gasteiger charge is -2.44. The molecule has 17 nitrogen and oxygen atoms in total. The summed E-state index contributed by atoms with van der Waals surface area (Å²) in [6.07, 6.45) is 34.0. The Kier molecular flexibility index (Phi) is 48.9. The molecule has 0 radical (unpaired) electrons. The standard InChI is InChI=1S/C63H117N3O14/c1-8-10-12-14-16-18-20-22-24-26-28-30-32-36-49-73-58(71)40-47-66(48-41-59(72)74-50-37-33-31-29-27-25-23-21-19-17-15-13-11-9-2)46-35-34-44-65(7)45-38-42-64-43-39-51-75-63-62(79-56(6)70)61(78-55(5)69)60(77-54(4)68)57(80-63)52-76-53(3)67/h57,60-64H,8-52H2,1-7H3/t57-,60-,61+,62-,63-/m1/s1. The van der Waals surface area contributed by atoms with E-state index in [1.54, 1.807) is 0 Å². The Morgan fingerprint density at radius 1 is 0.400 bits per heavy atom. The molecule has 80 heavy (non-hydrogen) atoms.